The zero-order chi connectivity index (χ0) is 13.0. The number of aromatic nitrogens is 4. The number of hydrogen-bond donors (Lipinski definition) is 2. The molecule has 0 aliphatic rings. The van der Waals surface area contributed by atoms with Crippen LogP contribution in [0.1, 0.15) is 6.92 Å². The van der Waals surface area contributed by atoms with E-state index in [0.717, 1.165) is 5.70 Å². The molecule has 0 bridgehead atoms. The monoisotopic (exact) mass is 246 g/mol. The molecule has 0 aliphatic heterocycles. The molecule has 18 heavy (non-hydrogen) atoms. The summed E-state index contributed by atoms with van der Waals surface area (Å²) in [5.41, 5.74) is 10.5. The summed E-state index contributed by atoms with van der Waals surface area (Å²) in [4.78, 5) is 17.3. The Labute approximate surface area is 104 Å². The summed E-state index contributed by atoms with van der Waals surface area (Å²) in [7, 11) is 0. The van der Waals surface area contributed by atoms with Gasteiger partial charge in [0.05, 0.1) is 12.3 Å². The highest BCUT2D eigenvalue weighted by molar-refractivity contribution is 5.82. The molecule has 0 aliphatic carbocycles. The SMILES string of the molecule is C=CCONC(C)=Cn1cnc2c(N)ncnc21. The van der Waals surface area contributed by atoms with E-state index in [2.05, 4.69) is 27.0 Å². The molecule has 2 aromatic rings. The van der Waals surface area contributed by atoms with E-state index < -0.39 is 0 Å². The first-order valence-corrected chi connectivity index (χ1v) is 5.32. The maximum absolute atomic E-state index is 5.70. The van der Waals surface area contributed by atoms with Gasteiger partial charge in [0.1, 0.15) is 12.7 Å². The number of allylic oxidation sites excluding steroid dienone is 1. The number of rotatable bonds is 5. The molecule has 2 rings (SSSR count). The molecular formula is C11H14N6O. The van der Waals surface area contributed by atoms with Crippen LogP contribution in [0.2, 0.25) is 0 Å². The Kier molecular flexibility index (Phi) is 3.54. The summed E-state index contributed by atoms with van der Waals surface area (Å²) in [5.74, 6) is 0.362. The topological polar surface area (TPSA) is 90.9 Å². The molecule has 0 saturated carbocycles. The van der Waals surface area contributed by atoms with E-state index in [4.69, 9.17) is 10.6 Å². The maximum Gasteiger partial charge on any atom is 0.169 e. The lowest BCUT2D eigenvalue weighted by Crippen LogP contribution is -2.12. The van der Waals surface area contributed by atoms with Gasteiger partial charge in [0, 0.05) is 6.20 Å². The van der Waals surface area contributed by atoms with Crippen LogP contribution in [0.15, 0.2) is 31.0 Å². The number of nitrogen functional groups attached to an aromatic ring is 1. The van der Waals surface area contributed by atoms with Crippen molar-refractivity contribution in [3.8, 4) is 0 Å². The van der Waals surface area contributed by atoms with Gasteiger partial charge in [-0.3, -0.25) is 14.9 Å². The molecule has 0 fully saturated rings. The molecule has 0 saturated heterocycles. The average Bonchev–Trinajstić information content (AvgIpc) is 2.74. The molecule has 0 unspecified atom stereocenters. The van der Waals surface area contributed by atoms with Gasteiger partial charge in [0.15, 0.2) is 17.0 Å². The van der Waals surface area contributed by atoms with E-state index in [1.807, 2.05) is 6.92 Å². The summed E-state index contributed by atoms with van der Waals surface area (Å²) in [5, 5.41) is 0. The van der Waals surface area contributed by atoms with Gasteiger partial charge in [-0.25, -0.2) is 15.0 Å². The van der Waals surface area contributed by atoms with Crippen LogP contribution in [0.4, 0.5) is 5.82 Å². The number of hydroxylamine groups is 1. The van der Waals surface area contributed by atoms with Crippen LogP contribution in [-0.2, 0) is 4.84 Å². The lowest BCUT2D eigenvalue weighted by atomic mass is 10.5. The molecule has 7 nitrogen and oxygen atoms in total. The Balaban J connectivity index is 2.23. The van der Waals surface area contributed by atoms with Gasteiger partial charge in [-0.15, -0.1) is 6.58 Å². The quantitative estimate of drug-likeness (QED) is 0.463. The minimum absolute atomic E-state index is 0.362. The second-order valence-corrected chi connectivity index (χ2v) is 3.60. The fraction of sp³-hybridized carbons (Fsp3) is 0.182. The second kappa shape index (κ2) is 5.28. The largest absolute Gasteiger partial charge is 0.382 e. The van der Waals surface area contributed by atoms with E-state index in [0.29, 0.717) is 23.6 Å². The molecule has 0 spiro atoms. The summed E-state index contributed by atoms with van der Waals surface area (Å²) in [6.45, 7) is 5.84. The molecule has 2 aromatic heterocycles. The van der Waals surface area contributed by atoms with Gasteiger partial charge in [-0.1, -0.05) is 6.08 Å². The summed E-state index contributed by atoms with van der Waals surface area (Å²) < 4.78 is 1.74. The van der Waals surface area contributed by atoms with Crippen LogP contribution in [0.5, 0.6) is 0 Å². The Hall–Kier alpha value is -2.41. The van der Waals surface area contributed by atoms with Crippen LogP contribution >= 0.6 is 0 Å². The Bertz CT molecular complexity index is 588. The minimum Gasteiger partial charge on any atom is -0.382 e. The van der Waals surface area contributed by atoms with Gasteiger partial charge in [0.25, 0.3) is 0 Å². The molecule has 0 aromatic carbocycles. The predicted octanol–water partition coefficient (Wildman–Crippen LogP) is 0.934. The van der Waals surface area contributed by atoms with Crippen molar-refractivity contribution in [2.75, 3.05) is 12.3 Å². The number of anilines is 1. The van der Waals surface area contributed by atoms with E-state index in [1.165, 1.54) is 6.33 Å². The van der Waals surface area contributed by atoms with E-state index in [-0.39, 0.29) is 0 Å². The Morgan fingerprint density at radius 2 is 2.39 bits per heavy atom. The number of nitrogens with two attached hydrogens (primary N) is 1. The zero-order valence-electron chi connectivity index (χ0n) is 10.00. The molecule has 0 radical (unpaired) electrons. The Morgan fingerprint density at radius 1 is 1.56 bits per heavy atom. The number of hydrogen-bond acceptors (Lipinski definition) is 6. The third-order valence-corrected chi connectivity index (χ3v) is 2.15. The van der Waals surface area contributed by atoms with Crippen molar-refractivity contribution < 1.29 is 4.84 Å². The lowest BCUT2D eigenvalue weighted by Gasteiger charge is -2.05. The van der Waals surface area contributed by atoms with Crippen molar-refractivity contribution in [2.24, 2.45) is 0 Å². The fourth-order valence-corrected chi connectivity index (χ4v) is 1.41. The van der Waals surface area contributed by atoms with Crippen LogP contribution in [-0.4, -0.2) is 26.1 Å². The van der Waals surface area contributed by atoms with Gasteiger partial charge in [0.2, 0.25) is 0 Å². The van der Waals surface area contributed by atoms with Crippen molar-refractivity contribution in [3.63, 3.8) is 0 Å². The van der Waals surface area contributed by atoms with Crippen molar-refractivity contribution in [3.05, 3.63) is 31.0 Å². The molecule has 94 valence electrons. The van der Waals surface area contributed by atoms with Gasteiger partial charge in [-0.2, -0.15) is 0 Å². The number of nitrogens with one attached hydrogen (secondary N) is 1. The molecule has 2 heterocycles. The van der Waals surface area contributed by atoms with E-state index in [1.54, 1.807) is 23.2 Å². The highest BCUT2D eigenvalue weighted by Gasteiger charge is 2.05. The van der Waals surface area contributed by atoms with Crippen molar-refractivity contribution in [1.29, 1.82) is 0 Å². The highest BCUT2D eigenvalue weighted by atomic mass is 16.6. The second-order valence-electron chi connectivity index (χ2n) is 3.60. The average molecular weight is 246 g/mol. The minimum atomic E-state index is 0.362. The first-order chi connectivity index (χ1) is 8.72. The van der Waals surface area contributed by atoms with Gasteiger partial charge in [-0.05, 0) is 6.92 Å². The lowest BCUT2D eigenvalue weighted by molar-refractivity contribution is 0.0870. The third kappa shape index (κ3) is 2.46. The van der Waals surface area contributed by atoms with Gasteiger partial charge >= 0.3 is 0 Å². The van der Waals surface area contributed by atoms with E-state index in [9.17, 15) is 0 Å². The number of nitrogens with zero attached hydrogens (tertiary/aromatic N) is 4. The van der Waals surface area contributed by atoms with Crippen LogP contribution in [0.3, 0.4) is 0 Å². The first-order valence-electron chi connectivity index (χ1n) is 5.32. The van der Waals surface area contributed by atoms with E-state index >= 15 is 0 Å². The zero-order valence-corrected chi connectivity index (χ0v) is 10.00. The normalized spacial score (nSPS) is 11.7. The third-order valence-electron chi connectivity index (χ3n) is 2.15. The highest BCUT2D eigenvalue weighted by Crippen LogP contribution is 2.14. The molecule has 7 heteroatoms. The van der Waals surface area contributed by atoms with Gasteiger partial charge < -0.3 is 5.73 Å². The predicted molar refractivity (Wildman–Crippen MR) is 69.0 cm³/mol. The van der Waals surface area contributed by atoms with Crippen LogP contribution in [0, 0.1) is 0 Å². The van der Waals surface area contributed by atoms with Crippen molar-refractivity contribution in [2.45, 2.75) is 6.92 Å². The first kappa shape index (κ1) is 12.1. The maximum atomic E-state index is 5.70. The van der Waals surface area contributed by atoms with Crippen LogP contribution < -0.4 is 11.2 Å². The van der Waals surface area contributed by atoms with Crippen molar-refractivity contribution >= 4 is 23.2 Å². The summed E-state index contributed by atoms with van der Waals surface area (Å²) >= 11 is 0. The number of fused-ring (bicyclic) bond motifs is 1. The molecule has 0 amide bonds. The van der Waals surface area contributed by atoms with Crippen LogP contribution in [0.25, 0.3) is 17.4 Å². The summed E-state index contributed by atoms with van der Waals surface area (Å²) in [6, 6.07) is 0. The summed E-state index contributed by atoms with van der Waals surface area (Å²) in [6.07, 6.45) is 6.47. The fourth-order valence-electron chi connectivity index (χ4n) is 1.41. The number of imidazole rings is 1. The smallest absolute Gasteiger partial charge is 0.169 e. The molecular weight excluding hydrogens is 232 g/mol. The molecule has 3 N–H and O–H groups in total. The molecule has 0 atom stereocenters. The standard InChI is InChI=1S/C11H14N6O/c1-3-4-18-16-8(2)5-17-7-15-9-10(12)13-6-14-11(9)17/h3,5-7,16H,1,4H2,2H3,(H2,12,13,14). The Morgan fingerprint density at radius 3 is 3.17 bits per heavy atom. The van der Waals surface area contributed by atoms with Crippen molar-refractivity contribution in [1.82, 2.24) is 25.0 Å².